The summed E-state index contributed by atoms with van der Waals surface area (Å²) in [5.41, 5.74) is 1.85. The van der Waals surface area contributed by atoms with Gasteiger partial charge in [0.05, 0.1) is 17.9 Å². The Labute approximate surface area is 219 Å². The molecule has 0 unspecified atom stereocenters. The first-order chi connectivity index (χ1) is 17.4. The Morgan fingerprint density at radius 1 is 1.19 bits per heavy atom. The summed E-state index contributed by atoms with van der Waals surface area (Å²) in [6, 6.07) is 13.5. The molecule has 12 heteroatoms. The first-order valence-electron chi connectivity index (χ1n) is 10.5. The number of ether oxygens (including phenoxy) is 2. The molecule has 0 spiro atoms. The third-order valence-electron chi connectivity index (χ3n) is 5.03. The lowest BCUT2D eigenvalue weighted by molar-refractivity contribution is -0.113. The van der Waals surface area contributed by atoms with E-state index in [1.165, 1.54) is 48.4 Å². The summed E-state index contributed by atoms with van der Waals surface area (Å²) >= 11 is 8.21. The van der Waals surface area contributed by atoms with Crippen LogP contribution in [-0.2, 0) is 23.2 Å². The van der Waals surface area contributed by atoms with E-state index in [1.807, 2.05) is 35.7 Å². The van der Waals surface area contributed by atoms with Crippen LogP contribution in [0.5, 0.6) is 5.75 Å². The minimum absolute atomic E-state index is 0.0373. The molecule has 186 valence electrons. The normalized spacial score (nSPS) is 10.8. The minimum Gasteiger partial charge on any atom is -0.486 e. The van der Waals surface area contributed by atoms with E-state index in [2.05, 4.69) is 15.5 Å². The van der Waals surface area contributed by atoms with Crippen molar-refractivity contribution in [1.82, 2.24) is 14.8 Å². The number of esters is 1. The quantitative estimate of drug-likeness (QED) is 0.221. The van der Waals surface area contributed by atoms with Gasteiger partial charge in [0, 0.05) is 24.1 Å². The molecule has 0 fully saturated rings. The molecule has 0 saturated carbocycles. The number of nitrogens with zero attached hydrogens (tertiary/aromatic N) is 3. The maximum Gasteiger partial charge on any atom is 0.341 e. The van der Waals surface area contributed by atoms with Crippen LogP contribution in [0.25, 0.3) is 11.1 Å². The number of anilines is 1. The maximum atomic E-state index is 13.3. The highest BCUT2D eigenvalue weighted by Gasteiger charge is 2.22. The number of nitrogens with one attached hydrogen (secondary N) is 1. The van der Waals surface area contributed by atoms with Crippen LogP contribution in [0.4, 0.5) is 9.39 Å². The number of amides is 1. The molecular weight excluding hydrogens is 527 g/mol. The van der Waals surface area contributed by atoms with Crippen molar-refractivity contribution in [1.29, 1.82) is 0 Å². The number of hydrogen-bond donors (Lipinski definition) is 1. The summed E-state index contributed by atoms with van der Waals surface area (Å²) in [5.74, 6) is -0.425. The summed E-state index contributed by atoms with van der Waals surface area (Å²) in [7, 11) is 3.05. The highest BCUT2D eigenvalue weighted by atomic mass is 35.5. The van der Waals surface area contributed by atoms with Crippen LogP contribution in [0.3, 0.4) is 0 Å². The van der Waals surface area contributed by atoms with Crippen LogP contribution in [0.1, 0.15) is 16.2 Å². The zero-order chi connectivity index (χ0) is 25.7. The second-order valence-electron chi connectivity index (χ2n) is 7.37. The van der Waals surface area contributed by atoms with E-state index in [4.69, 9.17) is 21.1 Å². The van der Waals surface area contributed by atoms with Crippen molar-refractivity contribution >= 4 is 51.6 Å². The van der Waals surface area contributed by atoms with Crippen molar-refractivity contribution in [2.24, 2.45) is 7.05 Å². The van der Waals surface area contributed by atoms with E-state index >= 15 is 0 Å². The lowest BCUT2D eigenvalue weighted by Gasteiger charge is -2.08. The molecule has 0 radical (unpaired) electrons. The summed E-state index contributed by atoms with van der Waals surface area (Å²) in [6.45, 7) is 0.0815. The number of halogens is 2. The van der Waals surface area contributed by atoms with Gasteiger partial charge < -0.3 is 19.4 Å². The highest BCUT2D eigenvalue weighted by Crippen LogP contribution is 2.36. The first kappa shape index (κ1) is 25.7. The number of aromatic nitrogens is 3. The van der Waals surface area contributed by atoms with Crippen molar-refractivity contribution in [3.63, 3.8) is 0 Å². The van der Waals surface area contributed by atoms with Gasteiger partial charge in [-0.15, -0.1) is 21.5 Å². The summed E-state index contributed by atoms with van der Waals surface area (Å²) in [6.07, 6.45) is 0. The maximum absolute atomic E-state index is 13.3. The molecule has 2 aromatic heterocycles. The Morgan fingerprint density at radius 3 is 2.69 bits per heavy atom. The molecule has 4 aromatic rings. The minimum atomic E-state index is -0.530. The highest BCUT2D eigenvalue weighted by molar-refractivity contribution is 7.99. The number of thiophene rings is 1. The molecule has 0 aliphatic rings. The monoisotopic (exact) mass is 546 g/mol. The molecule has 1 N–H and O–H groups in total. The van der Waals surface area contributed by atoms with Gasteiger partial charge in [-0.3, -0.25) is 4.79 Å². The van der Waals surface area contributed by atoms with E-state index in [9.17, 15) is 14.0 Å². The number of hydrogen-bond acceptors (Lipinski definition) is 8. The summed E-state index contributed by atoms with van der Waals surface area (Å²) < 4.78 is 25.6. The Kier molecular flexibility index (Phi) is 8.24. The van der Waals surface area contributed by atoms with Crippen LogP contribution in [0.2, 0.25) is 5.02 Å². The van der Waals surface area contributed by atoms with E-state index < -0.39 is 11.8 Å². The Bertz CT molecular complexity index is 1390. The van der Waals surface area contributed by atoms with Crippen molar-refractivity contribution in [2.75, 3.05) is 18.2 Å². The molecule has 8 nitrogen and oxygen atoms in total. The van der Waals surface area contributed by atoms with E-state index in [0.29, 0.717) is 32.9 Å². The molecule has 0 bridgehead atoms. The van der Waals surface area contributed by atoms with Gasteiger partial charge in [0.2, 0.25) is 5.91 Å². The third-order valence-corrected chi connectivity index (χ3v) is 7.24. The molecule has 0 saturated heterocycles. The lowest BCUT2D eigenvalue weighted by atomic mass is 10.0. The Hall–Kier alpha value is -3.41. The third kappa shape index (κ3) is 5.86. The molecule has 0 aliphatic heterocycles. The van der Waals surface area contributed by atoms with Gasteiger partial charge in [-0.2, -0.15) is 0 Å². The predicted octanol–water partition coefficient (Wildman–Crippen LogP) is 5.43. The lowest BCUT2D eigenvalue weighted by Crippen LogP contribution is -2.16. The molecule has 1 amide bonds. The fourth-order valence-electron chi connectivity index (χ4n) is 3.19. The summed E-state index contributed by atoms with van der Waals surface area (Å²) in [4.78, 5) is 25.1. The van der Waals surface area contributed by atoms with Crippen LogP contribution in [-0.4, -0.2) is 39.5 Å². The second-order valence-corrected chi connectivity index (χ2v) is 9.60. The second kappa shape index (κ2) is 11.5. The smallest absolute Gasteiger partial charge is 0.341 e. The molecular formula is C24H20ClFN4O4S2. The van der Waals surface area contributed by atoms with Crippen molar-refractivity contribution in [3.05, 3.63) is 76.1 Å². The number of rotatable bonds is 9. The Morgan fingerprint density at radius 2 is 1.97 bits per heavy atom. The standard InChI is InChI=1S/C24H20ClFN4O4S2/c1-30-19(11-34-15-8-9-18(26)17(25)10-15)28-29-24(30)36-13-20(31)27-22-21(23(32)33-2)16(12-35-22)14-6-4-3-5-7-14/h3-10,12H,11,13H2,1-2H3,(H,27,31). The van der Waals surface area contributed by atoms with Gasteiger partial charge in [-0.25, -0.2) is 9.18 Å². The molecule has 36 heavy (non-hydrogen) atoms. The van der Waals surface area contributed by atoms with Crippen molar-refractivity contribution in [2.45, 2.75) is 11.8 Å². The summed E-state index contributed by atoms with van der Waals surface area (Å²) in [5, 5.41) is 13.7. The van der Waals surface area contributed by atoms with Gasteiger partial charge in [0.25, 0.3) is 0 Å². The van der Waals surface area contributed by atoms with Crippen LogP contribution >= 0.6 is 34.7 Å². The van der Waals surface area contributed by atoms with Crippen molar-refractivity contribution < 1.29 is 23.5 Å². The molecule has 0 atom stereocenters. The fraction of sp³-hybridized carbons (Fsp3) is 0.167. The number of carbonyl (C=O) groups is 2. The molecule has 2 heterocycles. The van der Waals surface area contributed by atoms with Crippen LogP contribution < -0.4 is 10.1 Å². The average Bonchev–Trinajstić information content (AvgIpc) is 3.46. The Balaban J connectivity index is 1.39. The van der Waals surface area contributed by atoms with Gasteiger partial charge in [0.1, 0.15) is 28.7 Å². The molecule has 4 rings (SSSR count). The number of carbonyl (C=O) groups excluding carboxylic acids is 2. The largest absolute Gasteiger partial charge is 0.486 e. The first-order valence-corrected chi connectivity index (χ1v) is 12.8. The van der Waals surface area contributed by atoms with Crippen LogP contribution in [0.15, 0.2) is 59.1 Å². The number of benzene rings is 2. The van der Waals surface area contributed by atoms with E-state index in [0.717, 1.165) is 5.56 Å². The molecule has 0 aliphatic carbocycles. The SMILES string of the molecule is COC(=O)c1c(-c2ccccc2)csc1NC(=O)CSc1nnc(COc2ccc(F)c(Cl)c2)n1C. The van der Waals surface area contributed by atoms with Gasteiger partial charge in [0.15, 0.2) is 11.0 Å². The van der Waals surface area contributed by atoms with E-state index in [-0.39, 0.29) is 23.3 Å². The fourth-order valence-corrected chi connectivity index (χ4v) is 5.06. The van der Waals surface area contributed by atoms with Gasteiger partial charge in [-0.1, -0.05) is 53.7 Å². The predicted molar refractivity (Wildman–Crippen MR) is 137 cm³/mol. The number of methoxy groups -OCH3 is 1. The average molecular weight is 547 g/mol. The van der Waals surface area contributed by atoms with Crippen molar-refractivity contribution in [3.8, 4) is 16.9 Å². The molecule has 2 aromatic carbocycles. The van der Waals surface area contributed by atoms with E-state index in [1.54, 1.807) is 11.6 Å². The zero-order valence-electron chi connectivity index (χ0n) is 19.2. The topological polar surface area (TPSA) is 95.3 Å². The number of thioether (sulfide) groups is 1. The van der Waals surface area contributed by atoms with Gasteiger partial charge >= 0.3 is 5.97 Å². The zero-order valence-corrected chi connectivity index (χ0v) is 21.5. The van der Waals surface area contributed by atoms with Gasteiger partial charge in [-0.05, 0) is 17.7 Å². The van der Waals surface area contributed by atoms with Crippen LogP contribution in [0, 0.1) is 5.82 Å².